The van der Waals surface area contributed by atoms with Gasteiger partial charge in [0.15, 0.2) is 5.76 Å². The summed E-state index contributed by atoms with van der Waals surface area (Å²) in [4.78, 5) is 24.1. The fourth-order valence-electron chi connectivity index (χ4n) is 2.68. The van der Waals surface area contributed by atoms with Crippen LogP contribution in [0.2, 0.25) is 0 Å². The normalized spacial score (nSPS) is 16.2. The molecule has 1 aliphatic rings. The number of carbonyl (C=O) groups excluding carboxylic acids is 2. The summed E-state index contributed by atoms with van der Waals surface area (Å²) < 4.78 is 16.3. The molecule has 1 saturated heterocycles. The quantitative estimate of drug-likeness (QED) is 0.705. The lowest BCUT2D eigenvalue weighted by Gasteiger charge is -2.14. The van der Waals surface area contributed by atoms with E-state index in [-0.39, 0.29) is 23.7 Å². The average molecular weight is 358 g/mol. The van der Waals surface area contributed by atoms with Crippen molar-refractivity contribution in [1.82, 2.24) is 10.6 Å². The van der Waals surface area contributed by atoms with Gasteiger partial charge >= 0.3 is 0 Å². The topological polar surface area (TPSA) is 89.8 Å². The molecule has 2 aromatic rings. The number of benzene rings is 1. The Labute approximate surface area is 151 Å². The third-order valence-electron chi connectivity index (χ3n) is 4.02. The Hall–Kier alpha value is -2.80. The number of rotatable bonds is 8. The summed E-state index contributed by atoms with van der Waals surface area (Å²) in [7, 11) is 0. The van der Waals surface area contributed by atoms with Crippen molar-refractivity contribution in [3.63, 3.8) is 0 Å². The van der Waals surface area contributed by atoms with Crippen LogP contribution in [0.25, 0.3) is 0 Å². The maximum atomic E-state index is 12.4. The van der Waals surface area contributed by atoms with Crippen molar-refractivity contribution in [3.05, 3.63) is 54.0 Å². The second kappa shape index (κ2) is 9.05. The molecule has 1 aliphatic heterocycles. The monoisotopic (exact) mass is 358 g/mol. The molecular weight excluding hydrogens is 336 g/mol. The molecule has 0 saturated carbocycles. The van der Waals surface area contributed by atoms with Gasteiger partial charge in [0.05, 0.1) is 17.9 Å². The van der Waals surface area contributed by atoms with Crippen LogP contribution in [-0.2, 0) is 4.74 Å². The minimum Gasteiger partial charge on any atom is -0.490 e. The third-order valence-corrected chi connectivity index (χ3v) is 4.02. The highest BCUT2D eigenvalue weighted by Crippen LogP contribution is 2.20. The SMILES string of the molecule is O=C(NCCNC(=O)c1ccccc1OCC1CCCO1)c1ccco1. The minimum absolute atomic E-state index is 0.0860. The first-order valence-corrected chi connectivity index (χ1v) is 8.67. The first-order valence-electron chi connectivity index (χ1n) is 8.67. The predicted octanol–water partition coefficient (Wildman–Crippen LogP) is 2.00. The van der Waals surface area contributed by atoms with E-state index in [4.69, 9.17) is 13.9 Å². The second-order valence-corrected chi connectivity index (χ2v) is 5.93. The second-order valence-electron chi connectivity index (χ2n) is 5.93. The lowest BCUT2D eigenvalue weighted by molar-refractivity contribution is 0.0670. The number of para-hydroxylation sites is 1. The van der Waals surface area contributed by atoms with Gasteiger partial charge in [-0.3, -0.25) is 9.59 Å². The molecule has 138 valence electrons. The summed E-state index contributed by atoms with van der Waals surface area (Å²) >= 11 is 0. The summed E-state index contributed by atoms with van der Waals surface area (Å²) in [6, 6.07) is 10.3. The molecule has 0 radical (unpaired) electrons. The summed E-state index contributed by atoms with van der Waals surface area (Å²) in [6.07, 6.45) is 3.54. The Balaban J connectivity index is 1.45. The fraction of sp³-hybridized carbons (Fsp3) is 0.368. The molecule has 0 aliphatic carbocycles. The van der Waals surface area contributed by atoms with Gasteiger partial charge in [0, 0.05) is 19.7 Å². The Bertz CT molecular complexity index is 723. The van der Waals surface area contributed by atoms with E-state index in [0.29, 0.717) is 31.0 Å². The van der Waals surface area contributed by atoms with Crippen molar-refractivity contribution in [3.8, 4) is 5.75 Å². The highest BCUT2D eigenvalue weighted by Gasteiger charge is 2.18. The van der Waals surface area contributed by atoms with Crippen LogP contribution in [0.4, 0.5) is 0 Å². The van der Waals surface area contributed by atoms with E-state index in [1.165, 1.54) is 6.26 Å². The number of hydrogen-bond donors (Lipinski definition) is 2. The first kappa shape index (κ1) is 18.0. The molecule has 7 heteroatoms. The molecule has 0 bridgehead atoms. The Kier molecular flexibility index (Phi) is 6.27. The molecule has 26 heavy (non-hydrogen) atoms. The summed E-state index contributed by atoms with van der Waals surface area (Å²) in [5.41, 5.74) is 0.461. The van der Waals surface area contributed by atoms with Gasteiger partial charge in [-0.25, -0.2) is 0 Å². The largest absolute Gasteiger partial charge is 0.490 e. The van der Waals surface area contributed by atoms with Crippen LogP contribution < -0.4 is 15.4 Å². The average Bonchev–Trinajstić information content (AvgIpc) is 3.37. The molecule has 1 fully saturated rings. The van der Waals surface area contributed by atoms with Gasteiger partial charge in [-0.05, 0) is 37.1 Å². The molecular formula is C19H22N2O5. The van der Waals surface area contributed by atoms with Crippen LogP contribution in [0, 0.1) is 0 Å². The summed E-state index contributed by atoms with van der Waals surface area (Å²) in [5, 5.41) is 5.45. The zero-order valence-corrected chi connectivity index (χ0v) is 14.4. The molecule has 7 nitrogen and oxygen atoms in total. The van der Waals surface area contributed by atoms with Crippen molar-refractivity contribution in [1.29, 1.82) is 0 Å². The third kappa shape index (κ3) is 4.86. The minimum atomic E-state index is -0.315. The van der Waals surface area contributed by atoms with Crippen molar-refractivity contribution in [2.45, 2.75) is 18.9 Å². The molecule has 1 aromatic heterocycles. The molecule has 2 amide bonds. The number of nitrogens with one attached hydrogen (secondary N) is 2. The highest BCUT2D eigenvalue weighted by atomic mass is 16.5. The van der Waals surface area contributed by atoms with Gasteiger partial charge in [0.25, 0.3) is 11.8 Å². The molecule has 0 spiro atoms. The van der Waals surface area contributed by atoms with Gasteiger partial charge in [0.2, 0.25) is 0 Å². The molecule has 1 unspecified atom stereocenters. The Morgan fingerprint density at radius 2 is 1.88 bits per heavy atom. The van der Waals surface area contributed by atoms with Crippen LogP contribution in [0.5, 0.6) is 5.75 Å². The number of ether oxygens (including phenoxy) is 2. The van der Waals surface area contributed by atoms with Crippen molar-refractivity contribution < 1.29 is 23.5 Å². The lowest BCUT2D eigenvalue weighted by atomic mass is 10.2. The number of hydrogen-bond acceptors (Lipinski definition) is 5. The van der Waals surface area contributed by atoms with Crippen molar-refractivity contribution in [2.75, 3.05) is 26.3 Å². The number of furan rings is 1. The standard InChI is InChI=1S/C19H22N2O5/c22-18(20-9-10-21-19(23)17-8-4-12-25-17)15-6-1-2-7-16(15)26-13-14-5-3-11-24-14/h1-2,4,6-8,12,14H,3,5,9-11,13H2,(H,20,22)(H,21,23). The van der Waals surface area contributed by atoms with Gasteiger partial charge < -0.3 is 24.5 Å². The number of amides is 2. The maximum Gasteiger partial charge on any atom is 0.287 e. The zero-order chi connectivity index (χ0) is 18.2. The molecule has 1 atom stereocenters. The van der Waals surface area contributed by atoms with Crippen LogP contribution in [0.1, 0.15) is 33.8 Å². The van der Waals surface area contributed by atoms with E-state index < -0.39 is 0 Å². The maximum absolute atomic E-state index is 12.4. The molecule has 2 N–H and O–H groups in total. The number of carbonyl (C=O) groups is 2. The van der Waals surface area contributed by atoms with Crippen LogP contribution in [0.3, 0.4) is 0 Å². The summed E-state index contributed by atoms with van der Waals surface area (Å²) in [5.74, 6) is 0.203. The van der Waals surface area contributed by atoms with Crippen molar-refractivity contribution in [2.24, 2.45) is 0 Å². The van der Waals surface area contributed by atoms with Gasteiger partial charge in [-0.15, -0.1) is 0 Å². The van der Waals surface area contributed by atoms with E-state index in [2.05, 4.69) is 10.6 Å². The van der Waals surface area contributed by atoms with E-state index >= 15 is 0 Å². The smallest absolute Gasteiger partial charge is 0.287 e. The molecule has 1 aromatic carbocycles. The zero-order valence-electron chi connectivity index (χ0n) is 14.4. The van der Waals surface area contributed by atoms with E-state index in [1.54, 1.807) is 30.3 Å². The van der Waals surface area contributed by atoms with Crippen LogP contribution >= 0.6 is 0 Å². The van der Waals surface area contributed by atoms with E-state index in [9.17, 15) is 9.59 Å². The Morgan fingerprint density at radius 1 is 1.08 bits per heavy atom. The first-order chi connectivity index (χ1) is 12.7. The predicted molar refractivity (Wildman–Crippen MR) is 94.3 cm³/mol. The highest BCUT2D eigenvalue weighted by molar-refractivity contribution is 5.97. The summed E-state index contributed by atoms with van der Waals surface area (Å²) in [6.45, 7) is 1.79. The van der Waals surface area contributed by atoms with Crippen LogP contribution in [-0.4, -0.2) is 44.2 Å². The Morgan fingerprint density at radius 3 is 2.62 bits per heavy atom. The van der Waals surface area contributed by atoms with E-state index in [0.717, 1.165) is 19.4 Å². The lowest BCUT2D eigenvalue weighted by Crippen LogP contribution is -2.34. The fourth-order valence-corrected chi connectivity index (χ4v) is 2.68. The molecule has 3 rings (SSSR count). The van der Waals surface area contributed by atoms with E-state index in [1.807, 2.05) is 6.07 Å². The van der Waals surface area contributed by atoms with Crippen LogP contribution in [0.15, 0.2) is 47.1 Å². The van der Waals surface area contributed by atoms with Gasteiger partial charge in [-0.2, -0.15) is 0 Å². The molecule has 2 heterocycles. The van der Waals surface area contributed by atoms with Gasteiger partial charge in [0.1, 0.15) is 12.4 Å². The van der Waals surface area contributed by atoms with Crippen molar-refractivity contribution >= 4 is 11.8 Å². The van der Waals surface area contributed by atoms with Gasteiger partial charge in [-0.1, -0.05) is 12.1 Å².